The first-order chi connectivity index (χ1) is 9.65. The molecule has 1 N–H and O–H groups in total. The zero-order chi connectivity index (χ0) is 14.5. The number of halogens is 1. The Morgan fingerprint density at radius 1 is 1.35 bits per heavy atom. The summed E-state index contributed by atoms with van der Waals surface area (Å²) in [5.41, 5.74) is 0.589. The van der Waals surface area contributed by atoms with Gasteiger partial charge in [0.1, 0.15) is 5.75 Å². The molecule has 6 heteroatoms. The molecule has 1 aromatic carbocycles. The second-order valence-corrected chi connectivity index (χ2v) is 5.62. The van der Waals surface area contributed by atoms with Crippen molar-refractivity contribution in [3.8, 4) is 5.75 Å². The molecule has 0 unspecified atom stereocenters. The highest BCUT2D eigenvalue weighted by atomic mass is 79.9. The number of amides is 1. The van der Waals surface area contributed by atoms with E-state index in [9.17, 15) is 4.79 Å². The van der Waals surface area contributed by atoms with Gasteiger partial charge in [-0.3, -0.25) is 9.69 Å². The minimum atomic E-state index is -0.00185. The normalized spacial score (nSPS) is 16.2. The average molecular weight is 343 g/mol. The highest BCUT2D eigenvalue weighted by Gasteiger charge is 2.23. The molecule has 0 atom stereocenters. The Morgan fingerprint density at radius 2 is 2.05 bits per heavy atom. The van der Waals surface area contributed by atoms with E-state index in [4.69, 9.17) is 9.84 Å². The number of hydrogen-bond donors (Lipinski definition) is 1. The molecular formula is C14H19BrN2O3. The molecule has 1 aromatic rings. The van der Waals surface area contributed by atoms with Gasteiger partial charge in [0, 0.05) is 37.2 Å². The van der Waals surface area contributed by atoms with E-state index in [1.807, 2.05) is 11.0 Å². The number of hydrogen-bond acceptors (Lipinski definition) is 4. The fraction of sp³-hybridized carbons (Fsp3) is 0.500. The second kappa shape index (κ2) is 7.06. The summed E-state index contributed by atoms with van der Waals surface area (Å²) in [4.78, 5) is 16.5. The van der Waals surface area contributed by atoms with Gasteiger partial charge in [0.2, 0.25) is 0 Å². The average Bonchev–Trinajstić information content (AvgIpc) is 2.47. The molecule has 1 saturated heterocycles. The van der Waals surface area contributed by atoms with Crippen LogP contribution in [0, 0.1) is 0 Å². The lowest BCUT2D eigenvalue weighted by molar-refractivity contribution is 0.0612. The van der Waals surface area contributed by atoms with Crippen molar-refractivity contribution in [1.29, 1.82) is 0 Å². The quantitative estimate of drug-likeness (QED) is 0.893. The van der Waals surface area contributed by atoms with Crippen molar-refractivity contribution in [2.75, 3.05) is 46.4 Å². The van der Waals surface area contributed by atoms with Crippen molar-refractivity contribution >= 4 is 21.8 Å². The van der Waals surface area contributed by atoms with Crippen LogP contribution in [0.5, 0.6) is 5.75 Å². The highest BCUT2D eigenvalue weighted by Crippen LogP contribution is 2.25. The molecule has 0 aliphatic carbocycles. The van der Waals surface area contributed by atoms with Crippen LogP contribution < -0.4 is 4.74 Å². The minimum Gasteiger partial charge on any atom is -0.496 e. The van der Waals surface area contributed by atoms with Crippen LogP contribution in [-0.4, -0.2) is 67.3 Å². The van der Waals surface area contributed by atoms with Crippen molar-refractivity contribution in [3.63, 3.8) is 0 Å². The largest absolute Gasteiger partial charge is 0.496 e. The van der Waals surface area contributed by atoms with Crippen molar-refractivity contribution in [2.24, 2.45) is 0 Å². The van der Waals surface area contributed by atoms with Gasteiger partial charge in [-0.25, -0.2) is 0 Å². The molecule has 0 spiro atoms. The van der Waals surface area contributed by atoms with Crippen molar-refractivity contribution in [1.82, 2.24) is 9.80 Å². The topological polar surface area (TPSA) is 53.0 Å². The first kappa shape index (κ1) is 15.3. The van der Waals surface area contributed by atoms with Gasteiger partial charge in [-0.15, -0.1) is 0 Å². The maximum Gasteiger partial charge on any atom is 0.257 e. The number of ether oxygens (including phenoxy) is 1. The first-order valence-electron chi connectivity index (χ1n) is 6.61. The molecular weight excluding hydrogens is 324 g/mol. The van der Waals surface area contributed by atoms with Crippen molar-refractivity contribution in [3.05, 3.63) is 28.2 Å². The maximum absolute atomic E-state index is 12.5. The Hall–Kier alpha value is -1.11. The number of piperazine rings is 1. The number of β-amino-alcohol motifs (C(OH)–C–C–N with tert-alkyl or cyclic N) is 1. The van der Waals surface area contributed by atoms with E-state index in [0.29, 0.717) is 30.9 Å². The minimum absolute atomic E-state index is 0.00185. The third-order valence-electron chi connectivity index (χ3n) is 3.47. The Kier molecular flexibility index (Phi) is 5.39. The van der Waals surface area contributed by atoms with E-state index >= 15 is 0 Å². The van der Waals surface area contributed by atoms with Crippen molar-refractivity contribution in [2.45, 2.75) is 0 Å². The number of nitrogens with zero attached hydrogens (tertiary/aromatic N) is 2. The van der Waals surface area contributed by atoms with Gasteiger partial charge >= 0.3 is 0 Å². The number of aliphatic hydroxyl groups excluding tert-OH is 1. The number of rotatable bonds is 4. The fourth-order valence-electron chi connectivity index (χ4n) is 2.33. The molecule has 1 aliphatic rings. The summed E-state index contributed by atoms with van der Waals surface area (Å²) in [5.74, 6) is 0.583. The molecule has 5 nitrogen and oxygen atoms in total. The molecule has 20 heavy (non-hydrogen) atoms. The van der Waals surface area contributed by atoms with E-state index in [2.05, 4.69) is 20.8 Å². The van der Waals surface area contributed by atoms with Gasteiger partial charge < -0.3 is 14.7 Å². The Morgan fingerprint density at radius 3 is 2.65 bits per heavy atom. The lowest BCUT2D eigenvalue weighted by Gasteiger charge is -2.34. The third-order valence-corrected chi connectivity index (χ3v) is 3.96. The van der Waals surface area contributed by atoms with Crippen LogP contribution in [-0.2, 0) is 0 Å². The summed E-state index contributed by atoms with van der Waals surface area (Å²) in [7, 11) is 1.57. The first-order valence-corrected chi connectivity index (χ1v) is 7.41. The van der Waals surface area contributed by atoms with Gasteiger partial charge in [0.25, 0.3) is 5.91 Å². The lowest BCUT2D eigenvalue weighted by Crippen LogP contribution is -2.49. The summed E-state index contributed by atoms with van der Waals surface area (Å²) in [6.45, 7) is 3.78. The van der Waals surface area contributed by atoms with Gasteiger partial charge in [0.05, 0.1) is 19.3 Å². The van der Waals surface area contributed by atoms with Crippen LogP contribution in [0.2, 0.25) is 0 Å². The predicted octanol–water partition coefficient (Wildman–Crippen LogP) is 1.21. The number of aliphatic hydroxyl groups is 1. The molecule has 2 rings (SSSR count). The van der Waals surface area contributed by atoms with Crippen LogP contribution in [0.25, 0.3) is 0 Å². The number of methoxy groups -OCH3 is 1. The summed E-state index contributed by atoms with van der Waals surface area (Å²) in [6.07, 6.45) is 0. The lowest BCUT2D eigenvalue weighted by atomic mass is 10.1. The van der Waals surface area contributed by atoms with Crippen LogP contribution in [0.1, 0.15) is 10.4 Å². The maximum atomic E-state index is 12.5. The van der Waals surface area contributed by atoms with Crippen LogP contribution in [0.3, 0.4) is 0 Å². The molecule has 1 amide bonds. The molecule has 0 radical (unpaired) electrons. The Bertz CT molecular complexity index is 473. The Balaban J connectivity index is 2.05. The number of carbonyl (C=O) groups excluding carboxylic acids is 1. The number of benzene rings is 1. The Labute approximate surface area is 127 Å². The molecule has 0 bridgehead atoms. The van der Waals surface area contributed by atoms with Crippen LogP contribution in [0.4, 0.5) is 0 Å². The van der Waals surface area contributed by atoms with Gasteiger partial charge in [-0.1, -0.05) is 15.9 Å². The van der Waals surface area contributed by atoms with E-state index in [1.165, 1.54) is 0 Å². The fourth-order valence-corrected chi connectivity index (χ4v) is 2.67. The second-order valence-electron chi connectivity index (χ2n) is 4.70. The van der Waals surface area contributed by atoms with Gasteiger partial charge in [-0.2, -0.15) is 0 Å². The predicted molar refractivity (Wildman–Crippen MR) is 80.1 cm³/mol. The molecule has 0 saturated carbocycles. The highest BCUT2D eigenvalue weighted by molar-refractivity contribution is 9.10. The molecule has 0 aromatic heterocycles. The summed E-state index contributed by atoms with van der Waals surface area (Å²) in [6, 6.07) is 5.43. The van der Waals surface area contributed by atoms with Gasteiger partial charge in [-0.05, 0) is 18.2 Å². The summed E-state index contributed by atoms with van der Waals surface area (Å²) in [5, 5.41) is 8.92. The molecule has 1 heterocycles. The van der Waals surface area contributed by atoms with Crippen LogP contribution in [0.15, 0.2) is 22.7 Å². The van der Waals surface area contributed by atoms with Gasteiger partial charge in [0.15, 0.2) is 0 Å². The molecule has 1 aliphatic heterocycles. The van der Waals surface area contributed by atoms with E-state index < -0.39 is 0 Å². The standard InChI is InChI=1S/C14H19BrN2O3/c1-20-13-10-11(15)2-3-12(13)14(19)17-6-4-16(5-7-17)8-9-18/h2-3,10,18H,4-9H2,1H3. The zero-order valence-electron chi connectivity index (χ0n) is 11.5. The smallest absolute Gasteiger partial charge is 0.257 e. The summed E-state index contributed by atoms with van der Waals surface area (Å²) < 4.78 is 6.16. The SMILES string of the molecule is COc1cc(Br)ccc1C(=O)N1CCN(CCO)CC1. The third kappa shape index (κ3) is 3.50. The van der Waals surface area contributed by atoms with E-state index in [0.717, 1.165) is 17.6 Å². The summed E-state index contributed by atoms with van der Waals surface area (Å²) >= 11 is 3.37. The van der Waals surface area contributed by atoms with Crippen LogP contribution >= 0.6 is 15.9 Å². The molecule has 1 fully saturated rings. The number of carbonyl (C=O) groups is 1. The monoisotopic (exact) mass is 342 g/mol. The van der Waals surface area contributed by atoms with Crippen molar-refractivity contribution < 1.29 is 14.6 Å². The van der Waals surface area contributed by atoms with E-state index in [-0.39, 0.29) is 12.5 Å². The van der Waals surface area contributed by atoms with E-state index in [1.54, 1.807) is 19.2 Å². The zero-order valence-corrected chi connectivity index (χ0v) is 13.1. The molecule has 110 valence electrons.